The Morgan fingerprint density at radius 3 is 2.51 bits per heavy atom. The molecule has 3 aliphatic rings. The molecule has 1 saturated carbocycles. The lowest BCUT2D eigenvalue weighted by Crippen LogP contribution is -2.43. The maximum absolute atomic E-state index is 13.6. The first-order chi connectivity index (χ1) is 18.0. The van der Waals surface area contributed by atoms with Gasteiger partial charge in [-0.1, -0.05) is 18.2 Å². The Labute approximate surface area is 235 Å². The van der Waals surface area contributed by atoms with Crippen molar-refractivity contribution >= 4 is 41.2 Å². The smallest absolute Gasteiger partial charge is 0.407 e. The summed E-state index contributed by atoms with van der Waals surface area (Å²) < 4.78 is 13.1. The van der Waals surface area contributed by atoms with Gasteiger partial charge in [0, 0.05) is 60.6 Å². The van der Waals surface area contributed by atoms with Gasteiger partial charge in [-0.3, -0.25) is 9.59 Å². The van der Waals surface area contributed by atoms with E-state index in [1.54, 1.807) is 20.8 Å². The van der Waals surface area contributed by atoms with Gasteiger partial charge in [-0.25, -0.2) is 4.79 Å². The van der Waals surface area contributed by atoms with E-state index in [0.29, 0.717) is 19.4 Å². The van der Waals surface area contributed by atoms with E-state index in [4.69, 9.17) is 9.47 Å². The quantitative estimate of drug-likeness (QED) is 0.497. The number of fused-ring (bicyclic) bond motifs is 3. The Kier molecular flexibility index (Phi) is 7.94. The van der Waals surface area contributed by atoms with Crippen molar-refractivity contribution in [1.82, 2.24) is 19.7 Å². The summed E-state index contributed by atoms with van der Waals surface area (Å²) in [5.74, 6) is -0.184. The van der Waals surface area contributed by atoms with Gasteiger partial charge < -0.3 is 29.2 Å². The minimum atomic E-state index is -0.673. The molecule has 212 valence electrons. The average molecular weight is 559 g/mol. The Bertz CT molecular complexity index is 1290. The SMILES string of the molecule is CC1N(COC(=O)C2(CNC(=O)OC(C)(C)C)CC2)C=CN1CC1CCc2c(c3ccccc3n2C)C1=O.Cl. The number of carbonyl (C=O) groups excluding carboxylic acids is 3. The highest BCUT2D eigenvalue weighted by Crippen LogP contribution is 2.46. The van der Waals surface area contributed by atoms with Crippen LogP contribution in [0.15, 0.2) is 36.7 Å². The Morgan fingerprint density at radius 2 is 1.82 bits per heavy atom. The summed E-state index contributed by atoms with van der Waals surface area (Å²) in [5.41, 5.74) is 1.83. The molecule has 2 heterocycles. The number of hydrogen-bond donors (Lipinski definition) is 1. The highest BCUT2D eigenvalue weighted by molar-refractivity contribution is 6.11. The van der Waals surface area contributed by atoms with Crippen LogP contribution < -0.4 is 5.32 Å². The van der Waals surface area contributed by atoms with Gasteiger partial charge >= 0.3 is 12.1 Å². The van der Waals surface area contributed by atoms with Crippen LogP contribution in [-0.2, 0) is 27.7 Å². The number of halogens is 1. The lowest BCUT2D eigenvalue weighted by molar-refractivity contribution is -0.155. The summed E-state index contributed by atoms with van der Waals surface area (Å²) in [7, 11) is 2.04. The second kappa shape index (κ2) is 10.8. The fourth-order valence-electron chi connectivity index (χ4n) is 5.51. The zero-order valence-corrected chi connectivity index (χ0v) is 24.2. The largest absolute Gasteiger partial charge is 0.444 e. The molecule has 2 aromatic rings. The van der Waals surface area contributed by atoms with Crippen molar-refractivity contribution in [2.45, 2.75) is 65.1 Å². The number of Topliss-reactive ketones (excluding diaryl/α,β-unsaturated/α-hetero) is 1. The molecule has 1 aromatic heterocycles. The summed E-state index contributed by atoms with van der Waals surface area (Å²) in [4.78, 5) is 42.5. The summed E-state index contributed by atoms with van der Waals surface area (Å²) in [6.07, 6.45) is 6.36. The number of nitrogens with one attached hydrogen (secondary N) is 1. The van der Waals surface area contributed by atoms with Crippen molar-refractivity contribution < 1.29 is 23.9 Å². The Morgan fingerprint density at radius 1 is 1.13 bits per heavy atom. The van der Waals surface area contributed by atoms with E-state index in [2.05, 4.69) is 20.9 Å². The summed E-state index contributed by atoms with van der Waals surface area (Å²) >= 11 is 0. The van der Waals surface area contributed by atoms with Gasteiger partial charge in [0.2, 0.25) is 0 Å². The fraction of sp³-hybridized carbons (Fsp3) is 0.552. The van der Waals surface area contributed by atoms with Crippen molar-refractivity contribution in [3.8, 4) is 0 Å². The van der Waals surface area contributed by atoms with E-state index in [-0.39, 0.29) is 49.5 Å². The molecular formula is C29H39ClN4O5. The summed E-state index contributed by atoms with van der Waals surface area (Å²) in [6.45, 7) is 8.38. The van der Waals surface area contributed by atoms with Crippen LogP contribution in [0.4, 0.5) is 4.79 Å². The van der Waals surface area contributed by atoms with Gasteiger partial charge in [-0.2, -0.15) is 0 Å². The van der Waals surface area contributed by atoms with Crippen LogP contribution in [0.2, 0.25) is 0 Å². The van der Waals surface area contributed by atoms with Crippen LogP contribution >= 0.6 is 12.4 Å². The van der Waals surface area contributed by atoms with Gasteiger partial charge in [-0.05, 0) is 59.4 Å². The molecule has 0 spiro atoms. The van der Waals surface area contributed by atoms with Gasteiger partial charge in [0.05, 0.1) is 5.41 Å². The van der Waals surface area contributed by atoms with Crippen molar-refractivity contribution in [2.75, 3.05) is 19.8 Å². The molecular weight excluding hydrogens is 520 g/mol. The number of ether oxygens (including phenoxy) is 2. The number of ketones is 1. The van der Waals surface area contributed by atoms with Crippen molar-refractivity contribution in [1.29, 1.82) is 0 Å². The van der Waals surface area contributed by atoms with Gasteiger partial charge in [-0.15, -0.1) is 12.4 Å². The average Bonchev–Trinajstić information content (AvgIpc) is 3.51. The van der Waals surface area contributed by atoms with Gasteiger partial charge in [0.25, 0.3) is 0 Å². The van der Waals surface area contributed by atoms with Crippen molar-refractivity contribution in [3.05, 3.63) is 47.9 Å². The first-order valence-corrected chi connectivity index (χ1v) is 13.4. The minimum absolute atomic E-state index is 0. The molecule has 5 rings (SSSR count). The van der Waals surface area contributed by atoms with Gasteiger partial charge in [0.1, 0.15) is 11.8 Å². The third-order valence-electron chi connectivity index (χ3n) is 8.02. The maximum atomic E-state index is 13.6. The third kappa shape index (κ3) is 5.73. The van der Waals surface area contributed by atoms with E-state index in [9.17, 15) is 14.4 Å². The molecule has 39 heavy (non-hydrogen) atoms. The van der Waals surface area contributed by atoms with Crippen LogP contribution in [0.25, 0.3) is 10.9 Å². The number of benzene rings is 1. The molecule has 10 heteroatoms. The molecule has 0 radical (unpaired) electrons. The van der Waals surface area contributed by atoms with Crippen molar-refractivity contribution in [3.63, 3.8) is 0 Å². The highest BCUT2D eigenvalue weighted by Gasteiger charge is 2.52. The number of esters is 1. The first kappa shape index (κ1) is 28.8. The van der Waals surface area contributed by atoms with Crippen LogP contribution in [0.3, 0.4) is 0 Å². The molecule has 2 atom stereocenters. The zero-order valence-electron chi connectivity index (χ0n) is 23.4. The Balaban J connectivity index is 0.00000353. The van der Waals surface area contributed by atoms with Crippen LogP contribution in [0.1, 0.15) is 63.0 Å². The lowest BCUT2D eigenvalue weighted by atomic mass is 9.84. The fourth-order valence-corrected chi connectivity index (χ4v) is 5.51. The third-order valence-corrected chi connectivity index (χ3v) is 8.02. The normalized spacial score (nSPS) is 21.4. The summed E-state index contributed by atoms with van der Waals surface area (Å²) in [5, 5.41) is 3.74. The first-order valence-electron chi connectivity index (χ1n) is 13.4. The molecule has 9 nitrogen and oxygen atoms in total. The van der Waals surface area contributed by atoms with E-state index in [1.807, 2.05) is 49.5 Å². The minimum Gasteiger partial charge on any atom is -0.444 e. The van der Waals surface area contributed by atoms with Gasteiger partial charge in [0.15, 0.2) is 12.5 Å². The molecule has 1 aromatic carbocycles. The molecule has 1 N–H and O–H groups in total. The second-order valence-corrected chi connectivity index (χ2v) is 11.8. The number of hydrogen-bond acceptors (Lipinski definition) is 7. The maximum Gasteiger partial charge on any atom is 0.407 e. The molecule has 1 amide bonds. The number of amides is 1. The number of rotatable bonds is 7. The second-order valence-electron chi connectivity index (χ2n) is 11.8. The molecule has 2 aliphatic carbocycles. The van der Waals surface area contributed by atoms with E-state index in [1.165, 1.54) is 0 Å². The van der Waals surface area contributed by atoms with Crippen LogP contribution in [0, 0.1) is 11.3 Å². The van der Waals surface area contributed by atoms with E-state index >= 15 is 0 Å². The number of alkyl carbamates (subject to hydrolysis) is 1. The van der Waals surface area contributed by atoms with Crippen LogP contribution in [-0.4, -0.2) is 63.8 Å². The zero-order chi connectivity index (χ0) is 27.2. The number of aryl methyl sites for hydroxylation is 1. The number of carbonyl (C=O) groups is 3. The predicted octanol–water partition coefficient (Wildman–Crippen LogP) is 4.59. The Hall–Kier alpha value is -3.20. The molecule has 1 fully saturated rings. The van der Waals surface area contributed by atoms with Crippen molar-refractivity contribution in [2.24, 2.45) is 18.4 Å². The van der Waals surface area contributed by atoms with Crippen LogP contribution in [0.5, 0.6) is 0 Å². The summed E-state index contributed by atoms with van der Waals surface area (Å²) in [6, 6.07) is 8.11. The molecule has 1 aliphatic heterocycles. The lowest BCUT2D eigenvalue weighted by Gasteiger charge is -2.33. The van der Waals surface area contributed by atoms with E-state index < -0.39 is 17.1 Å². The standard InChI is InChI=1S/C29H38N4O5.ClH/c1-19-32(16-20-10-11-23-24(25(20)34)21-8-6-7-9-22(21)31(23)5)14-15-33(19)18-37-26(35)29(12-13-29)17-30-27(36)38-28(2,3)4;/h6-9,14-15,19-20H,10-13,16-18H2,1-5H3,(H,30,36);1H. The highest BCUT2D eigenvalue weighted by atomic mass is 35.5. The molecule has 0 saturated heterocycles. The monoisotopic (exact) mass is 558 g/mol. The topological polar surface area (TPSA) is 93.1 Å². The number of para-hydroxylation sites is 1. The molecule has 0 bridgehead atoms. The molecule has 2 unspecified atom stereocenters. The number of nitrogens with zero attached hydrogens (tertiary/aromatic N) is 3. The number of aromatic nitrogens is 1. The van der Waals surface area contributed by atoms with E-state index in [0.717, 1.165) is 35.0 Å². The predicted molar refractivity (Wildman–Crippen MR) is 150 cm³/mol.